The minimum atomic E-state index is -0.935. The van der Waals surface area contributed by atoms with E-state index in [1.165, 1.54) is 23.1 Å². The SMILES string of the molecule is Cc1ccc(C(O)=C2C(=O)C(=O)N(CCc3ccccc3)[C@H]2c2cccc([N+](=O)[O-])c2)cc1. The summed E-state index contributed by atoms with van der Waals surface area (Å²) < 4.78 is 0. The van der Waals surface area contributed by atoms with Crippen LogP contribution in [0, 0.1) is 17.0 Å². The molecule has 4 rings (SSSR count). The largest absolute Gasteiger partial charge is 0.507 e. The molecule has 166 valence electrons. The highest BCUT2D eigenvalue weighted by Crippen LogP contribution is 2.40. The summed E-state index contributed by atoms with van der Waals surface area (Å²) in [6.07, 6.45) is 0.490. The Hall–Kier alpha value is -4.26. The van der Waals surface area contributed by atoms with Gasteiger partial charge in [0, 0.05) is 24.2 Å². The van der Waals surface area contributed by atoms with E-state index in [1.54, 1.807) is 30.3 Å². The summed E-state index contributed by atoms with van der Waals surface area (Å²) in [6, 6.07) is 21.3. The monoisotopic (exact) mass is 442 g/mol. The Morgan fingerprint density at radius 3 is 2.36 bits per heavy atom. The number of likely N-dealkylation sites (tertiary alicyclic amines) is 1. The number of benzene rings is 3. The smallest absolute Gasteiger partial charge is 0.295 e. The molecule has 1 fully saturated rings. The first-order chi connectivity index (χ1) is 15.9. The van der Waals surface area contributed by atoms with Crippen LogP contribution in [0.3, 0.4) is 0 Å². The number of hydrogen-bond donors (Lipinski definition) is 1. The fourth-order valence-corrected chi connectivity index (χ4v) is 4.03. The number of aryl methyl sites for hydroxylation is 1. The predicted octanol–water partition coefficient (Wildman–Crippen LogP) is 4.57. The molecule has 7 nitrogen and oxygen atoms in total. The first-order valence-electron chi connectivity index (χ1n) is 10.5. The molecular weight excluding hydrogens is 420 g/mol. The van der Waals surface area contributed by atoms with Crippen LogP contribution in [0.4, 0.5) is 5.69 Å². The maximum absolute atomic E-state index is 13.1. The maximum atomic E-state index is 13.1. The van der Waals surface area contributed by atoms with E-state index in [2.05, 4.69) is 0 Å². The first-order valence-corrected chi connectivity index (χ1v) is 10.5. The van der Waals surface area contributed by atoms with Gasteiger partial charge in [-0.1, -0.05) is 72.3 Å². The average molecular weight is 442 g/mol. The summed E-state index contributed by atoms with van der Waals surface area (Å²) in [5.74, 6) is -1.85. The summed E-state index contributed by atoms with van der Waals surface area (Å²) >= 11 is 0. The van der Waals surface area contributed by atoms with E-state index in [1.807, 2.05) is 37.3 Å². The van der Waals surface area contributed by atoms with Crippen LogP contribution in [0.15, 0.2) is 84.4 Å². The molecule has 1 aliphatic rings. The molecule has 7 heteroatoms. The van der Waals surface area contributed by atoms with Crippen molar-refractivity contribution in [1.29, 1.82) is 0 Å². The minimum absolute atomic E-state index is 0.0718. The highest BCUT2D eigenvalue weighted by Gasteiger charge is 2.46. The third-order valence-corrected chi connectivity index (χ3v) is 5.75. The molecule has 1 atom stereocenters. The lowest BCUT2D eigenvalue weighted by atomic mass is 9.94. The van der Waals surface area contributed by atoms with Crippen LogP contribution in [0.25, 0.3) is 5.76 Å². The number of ketones is 1. The third kappa shape index (κ3) is 4.39. The van der Waals surface area contributed by atoms with E-state index < -0.39 is 22.7 Å². The number of aliphatic hydroxyl groups is 1. The van der Waals surface area contributed by atoms with Gasteiger partial charge in [-0.2, -0.15) is 0 Å². The number of nitrogens with zero attached hydrogens (tertiary/aromatic N) is 2. The number of hydrogen-bond acceptors (Lipinski definition) is 5. The number of rotatable bonds is 6. The van der Waals surface area contributed by atoms with Gasteiger partial charge in [0.2, 0.25) is 0 Å². The summed E-state index contributed by atoms with van der Waals surface area (Å²) in [5.41, 5.74) is 2.52. The van der Waals surface area contributed by atoms with Gasteiger partial charge >= 0.3 is 0 Å². The zero-order valence-electron chi connectivity index (χ0n) is 18.0. The molecule has 0 radical (unpaired) electrons. The van der Waals surface area contributed by atoms with Crippen molar-refractivity contribution >= 4 is 23.1 Å². The number of amides is 1. The van der Waals surface area contributed by atoms with Gasteiger partial charge in [-0.15, -0.1) is 0 Å². The molecule has 3 aromatic rings. The zero-order chi connectivity index (χ0) is 23.5. The molecule has 3 aromatic carbocycles. The number of nitro benzene ring substituents is 1. The van der Waals surface area contributed by atoms with Crippen LogP contribution in [0.1, 0.15) is 28.3 Å². The molecule has 1 amide bonds. The van der Waals surface area contributed by atoms with Crippen LogP contribution >= 0.6 is 0 Å². The van der Waals surface area contributed by atoms with Crippen LogP contribution in [-0.4, -0.2) is 33.2 Å². The molecule has 1 aliphatic heterocycles. The van der Waals surface area contributed by atoms with Crippen LogP contribution in [0.2, 0.25) is 0 Å². The molecule has 0 aromatic heterocycles. The second-order valence-electron chi connectivity index (χ2n) is 7.95. The van der Waals surface area contributed by atoms with Crippen molar-refractivity contribution < 1.29 is 19.6 Å². The standard InChI is InChI=1S/C26H22N2O5/c1-17-10-12-19(13-11-17)24(29)22-23(20-8-5-9-21(16-20)28(32)33)27(26(31)25(22)30)15-14-18-6-3-2-4-7-18/h2-13,16,23,29H,14-15H2,1H3/t23-/m0/s1. The van der Waals surface area contributed by atoms with Gasteiger partial charge in [-0.25, -0.2) is 0 Å². The summed E-state index contributed by atoms with van der Waals surface area (Å²) in [5, 5.41) is 22.4. The normalized spacial score (nSPS) is 17.4. The van der Waals surface area contributed by atoms with Crippen molar-refractivity contribution in [2.24, 2.45) is 0 Å². The first kappa shape index (κ1) is 22.0. The molecule has 1 heterocycles. The van der Waals surface area contributed by atoms with Crippen molar-refractivity contribution in [2.45, 2.75) is 19.4 Å². The summed E-state index contributed by atoms with van der Waals surface area (Å²) in [7, 11) is 0. The van der Waals surface area contributed by atoms with Gasteiger partial charge < -0.3 is 10.0 Å². The fourth-order valence-electron chi connectivity index (χ4n) is 4.03. The second kappa shape index (κ2) is 9.08. The maximum Gasteiger partial charge on any atom is 0.295 e. The second-order valence-corrected chi connectivity index (χ2v) is 7.95. The summed E-state index contributed by atoms with van der Waals surface area (Å²) in [6.45, 7) is 2.11. The van der Waals surface area contributed by atoms with Crippen LogP contribution in [-0.2, 0) is 16.0 Å². The number of carbonyl (C=O) groups is 2. The zero-order valence-corrected chi connectivity index (χ0v) is 18.0. The van der Waals surface area contributed by atoms with Gasteiger partial charge in [0.1, 0.15) is 5.76 Å². The predicted molar refractivity (Wildman–Crippen MR) is 123 cm³/mol. The Balaban J connectivity index is 1.82. The quantitative estimate of drug-likeness (QED) is 0.198. The van der Waals surface area contributed by atoms with E-state index in [0.29, 0.717) is 17.5 Å². The third-order valence-electron chi connectivity index (χ3n) is 5.75. The molecule has 1 N–H and O–H groups in total. The Bertz CT molecular complexity index is 1250. The molecule has 0 bridgehead atoms. The van der Waals surface area contributed by atoms with Crippen molar-refractivity contribution in [2.75, 3.05) is 6.54 Å². The Kier molecular flexibility index (Phi) is 6.04. The molecule has 0 spiro atoms. The minimum Gasteiger partial charge on any atom is -0.507 e. The number of carbonyl (C=O) groups excluding carboxylic acids is 2. The summed E-state index contributed by atoms with van der Waals surface area (Å²) in [4.78, 5) is 38.3. The van der Waals surface area contributed by atoms with Gasteiger partial charge in [0.05, 0.1) is 16.5 Å². The molecule has 0 unspecified atom stereocenters. The lowest BCUT2D eigenvalue weighted by molar-refractivity contribution is -0.384. The van der Waals surface area contributed by atoms with Crippen molar-refractivity contribution in [3.05, 3.63) is 117 Å². The van der Waals surface area contributed by atoms with E-state index in [-0.39, 0.29) is 23.6 Å². The average Bonchev–Trinajstić information content (AvgIpc) is 3.08. The molecule has 0 saturated carbocycles. The molecule has 1 saturated heterocycles. The highest BCUT2D eigenvalue weighted by molar-refractivity contribution is 6.46. The lowest BCUT2D eigenvalue weighted by Crippen LogP contribution is -2.31. The number of aliphatic hydroxyl groups excluding tert-OH is 1. The molecule has 33 heavy (non-hydrogen) atoms. The van der Waals surface area contributed by atoms with E-state index in [0.717, 1.165) is 11.1 Å². The van der Waals surface area contributed by atoms with Gasteiger partial charge in [-0.05, 0) is 24.5 Å². The number of Topliss-reactive ketones (excluding diaryl/α,β-unsaturated/α-hetero) is 1. The number of nitro groups is 1. The van der Waals surface area contributed by atoms with Crippen molar-refractivity contribution in [3.8, 4) is 0 Å². The van der Waals surface area contributed by atoms with Gasteiger partial charge in [0.25, 0.3) is 17.4 Å². The van der Waals surface area contributed by atoms with Crippen LogP contribution < -0.4 is 0 Å². The molecule has 0 aliphatic carbocycles. The lowest BCUT2D eigenvalue weighted by Gasteiger charge is -2.25. The van der Waals surface area contributed by atoms with Gasteiger partial charge in [-0.3, -0.25) is 19.7 Å². The topological polar surface area (TPSA) is 101 Å². The van der Waals surface area contributed by atoms with Gasteiger partial charge in [0.15, 0.2) is 0 Å². The Morgan fingerprint density at radius 1 is 1.00 bits per heavy atom. The molecular formula is C26H22N2O5. The Morgan fingerprint density at radius 2 is 1.70 bits per heavy atom. The van der Waals surface area contributed by atoms with E-state index in [9.17, 15) is 24.8 Å². The fraction of sp³-hybridized carbons (Fsp3) is 0.154. The van der Waals surface area contributed by atoms with E-state index in [4.69, 9.17) is 0 Å². The Labute approximate surface area is 190 Å². The van der Waals surface area contributed by atoms with Crippen LogP contribution in [0.5, 0.6) is 0 Å². The van der Waals surface area contributed by atoms with Crippen molar-refractivity contribution in [1.82, 2.24) is 4.90 Å². The number of non-ortho nitro benzene ring substituents is 1. The highest BCUT2D eigenvalue weighted by atomic mass is 16.6. The van der Waals surface area contributed by atoms with Crippen molar-refractivity contribution in [3.63, 3.8) is 0 Å². The van der Waals surface area contributed by atoms with E-state index >= 15 is 0 Å².